The van der Waals surface area contributed by atoms with Crippen molar-refractivity contribution in [3.63, 3.8) is 0 Å². The van der Waals surface area contributed by atoms with Crippen LogP contribution in [-0.2, 0) is 24.2 Å². The Balaban J connectivity index is 1.34. The maximum absolute atomic E-state index is 11.5. The molecule has 0 spiro atoms. The van der Waals surface area contributed by atoms with Crippen LogP contribution in [-0.4, -0.2) is 51.6 Å². The Labute approximate surface area is 177 Å². The molecule has 30 heavy (non-hydrogen) atoms. The van der Waals surface area contributed by atoms with E-state index in [1.165, 1.54) is 11.3 Å². The monoisotopic (exact) mass is 404 g/mol. The number of nitrogens with zero attached hydrogens (tertiary/aromatic N) is 4. The van der Waals surface area contributed by atoms with Gasteiger partial charge in [-0.1, -0.05) is 18.2 Å². The summed E-state index contributed by atoms with van der Waals surface area (Å²) >= 11 is 0. The minimum Gasteiger partial charge on any atom is -0.508 e. The fourth-order valence-corrected chi connectivity index (χ4v) is 4.01. The van der Waals surface area contributed by atoms with E-state index < -0.39 is 0 Å². The Bertz CT molecular complexity index is 975. The molecule has 0 unspecified atom stereocenters. The van der Waals surface area contributed by atoms with Crippen molar-refractivity contribution in [1.82, 2.24) is 14.5 Å². The summed E-state index contributed by atoms with van der Waals surface area (Å²) in [6.07, 6.45) is 7.27. The molecule has 3 aromatic rings. The lowest BCUT2D eigenvalue weighted by Gasteiger charge is -2.35. The summed E-state index contributed by atoms with van der Waals surface area (Å²) in [5.41, 5.74) is 4.69. The number of rotatable bonds is 6. The van der Waals surface area contributed by atoms with Gasteiger partial charge in [0.25, 0.3) is 0 Å². The number of carbonyl (C=O) groups is 1. The molecule has 1 saturated heterocycles. The summed E-state index contributed by atoms with van der Waals surface area (Å²) in [4.78, 5) is 19.8. The minimum atomic E-state index is 0.158. The van der Waals surface area contributed by atoms with Gasteiger partial charge in [0.2, 0.25) is 5.91 Å². The maximum Gasteiger partial charge on any atom is 0.219 e. The smallest absolute Gasteiger partial charge is 0.219 e. The molecule has 6 heteroatoms. The number of benzene rings is 2. The lowest BCUT2D eigenvalue weighted by molar-refractivity contribution is -0.129. The van der Waals surface area contributed by atoms with Crippen molar-refractivity contribution in [2.75, 3.05) is 31.1 Å². The molecule has 6 nitrogen and oxygen atoms in total. The van der Waals surface area contributed by atoms with Crippen LogP contribution < -0.4 is 4.90 Å². The van der Waals surface area contributed by atoms with E-state index in [4.69, 9.17) is 0 Å². The number of aryl methyl sites for hydroxylation is 2. The van der Waals surface area contributed by atoms with E-state index in [2.05, 4.69) is 40.2 Å². The summed E-state index contributed by atoms with van der Waals surface area (Å²) in [5, 5.41) is 10.1. The zero-order valence-corrected chi connectivity index (χ0v) is 17.4. The highest BCUT2D eigenvalue weighted by Crippen LogP contribution is 2.21. The van der Waals surface area contributed by atoms with Gasteiger partial charge in [-0.15, -0.1) is 0 Å². The van der Waals surface area contributed by atoms with Crippen LogP contribution in [0.4, 0.5) is 5.69 Å². The van der Waals surface area contributed by atoms with Crippen molar-refractivity contribution < 1.29 is 9.90 Å². The number of aromatic nitrogens is 2. The second-order valence-corrected chi connectivity index (χ2v) is 7.90. The van der Waals surface area contributed by atoms with Crippen LogP contribution in [0.25, 0.3) is 0 Å². The highest BCUT2D eigenvalue weighted by atomic mass is 16.3. The molecule has 0 bridgehead atoms. The fourth-order valence-electron chi connectivity index (χ4n) is 4.01. The topological polar surface area (TPSA) is 61.6 Å². The van der Waals surface area contributed by atoms with Crippen molar-refractivity contribution in [2.24, 2.45) is 0 Å². The number of phenols is 1. The van der Waals surface area contributed by atoms with Crippen molar-refractivity contribution in [3.05, 3.63) is 77.9 Å². The number of amides is 1. The minimum absolute atomic E-state index is 0.158. The number of phenolic OH excluding ortho intramolecular Hbond substituents is 1. The first-order valence-corrected chi connectivity index (χ1v) is 10.4. The second-order valence-electron chi connectivity index (χ2n) is 7.90. The molecule has 156 valence electrons. The Hall–Kier alpha value is -3.28. The molecule has 1 aromatic heterocycles. The van der Waals surface area contributed by atoms with Crippen molar-refractivity contribution in [1.29, 1.82) is 0 Å². The number of hydrogen-bond donors (Lipinski definition) is 1. The quantitative estimate of drug-likeness (QED) is 0.686. The molecule has 0 aliphatic carbocycles. The van der Waals surface area contributed by atoms with E-state index in [9.17, 15) is 9.90 Å². The van der Waals surface area contributed by atoms with E-state index in [1.54, 1.807) is 19.4 Å². The van der Waals surface area contributed by atoms with E-state index in [1.807, 2.05) is 27.8 Å². The average Bonchev–Trinajstić information content (AvgIpc) is 3.25. The lowest BCUT2D eigenvalue weighted by Crippen LogP contribution is -2.48. The molecule has 0 saturated carbocycles. The van der Waals surface area contributed by atoms with Crippen LogP contribution in [0.2, 0.25) is 0 Å². The largest absolute Gasteiger partial charge is 0.508 e. The van der Waals surface area contributed by atoms with Crippen LogP contribution in [0.3, 0.4) is 0 Å². The number of piperazine rings is 1. The Morgan fingerprint density at radius 2 is 1.67 bits per heavy atom. The molecule has 2 aromatic carbocycles. The van der Waals surface area contributed by atoms with Gasteiger partial charge in [0, 0.05) is 57.7 Å². The number of carbonyl (C=O) groups excluding carboxylic acids is 1. The van der Waals surface area contributed by atoms with Crippen LogP contribution in [0, 0.1) is 0 Å². The highest BCUT2D eigenvalue weighted by molar-refractivity contribution is 5.73. The highest BCUT2D eigenvalue weighted by Gasteiger charge is 2.18. The third-order valence-corrected chi connectivity index (χ3v) is 5.69. The van der Waals surface area contributed by atoms with Gasteiger partial charge < -0.3 is 19.5 Å². The molecule has 1 aliphatic rings. The molecule has 0 radical (unpaired) electrons. The van der Waals surface area contributed by atoms with Crippen molar-refractivity contribution in [2.45, 2.75) is 26.3 Å². The summed E-state index contributed by atoms with van der Waals surface area (Å²) < 4.78 is 1.99. The Kier molecular flexibility index (Phi) is 6.02. The molecule has 0 atom stereocenters. The number of anilines is 1. The summed E-state index contributed by atoms with van der Waals surface area (Å²) in [6, 6.07) is 14.5. The molecular weight excluding hydrogens is 376 g/mol. The van der Waals surface area contributed by atoms with Crippen LogP contribution >= 0.6 is 0 Å². The number of aromatic hydroxyl groups is 1. The number of hydrogen-bond acceptors (Lipinski definition) is 4. The average molecular weight is 405 g/mol. The Morgan fingerprint density at radius 3 is 2.33 bits per heavy atom. The van der Waals surface area contributed by atoms with E-state index in [0.29, 0.717) is 12.3 Å². The van der Waals surface area contributed by atoms with E-state index >= 15 is 0 Å². The summed E-state index contributed by atoms with van der Waals surface area (Å²) in [6.45, 7) is 5.67. The maximum atomic E-state index is 11.5. The molecule has 4 rings (SSSR count). The zero-order valence-electron chi connectivity index (χ0n) is 17.4. The van der Waals surface area contributed by atoms with Gasteiger partial charge in [-0.05, 0) is 53.8 Å². The fraction of sp³-hybridized carbons (Fsp3) is 0.333. The normalized spacial score (nSPS) is 14.2. The number of imidazole rings is 1. The zero-order chi connectivity index (χ0) is 20.9. The molecule has 1 N–H and O–H groups in total. The third kappa shape index (κ3) is 5.00. The SMILES string of the molecule is CC(=O)N1CCN(c2ccc(CCc3cc(O)cc(Cn4ccnc4)c3)cc2)CC1. The molecular formula is C24H28N4O2. The van der Waals surface area contributed by atoms with E-state index in [-0.39, 0.29) is 5.91 Å². The van der Waals surface area contributed by atoms with Crippen molar-refractivity contribution in [3.8, 4) is 5.75 Å². The predicted molar refractivity (Wildman–Crippen MR) is 118 cm³/mol. The van der Waals surface area contributed by atoms with Crippen LogP contribution in [0.5, 0.6) is 5.75 Å². The first-order chi connectivity index (χ1) is 14.6. The lowest BCUT2D eigenvalue weighted by atomic mass is 10.0. The summed E-state index contributed by atoms with van der Waals surface area (Å²) in [7, 11) is 0. The van der Waals surface area contributed by atoms with Gasteiger partial charge in [0.1, 0.15) is 5.75 Å². The van der Waals surface area contributed by atoms with Gasteiger partial charge in [-0.25, -0.2) is 4.98 Å². The second kappa shape index (κ2) is 9.03. The predicted octanol–water partition coefficient (Wildman–Crippen LogP) is 3.09. The standard InChI is InChI=1S/C24H28N4O2/c1-19(29)27-10-12-28(13-11-27)23-6-4-20(5-7-23)2-3-21-14-22(16-24(30)15-21)17-26-9-8-25-18-26/h4-9,14-16,18,30H,2-3,10-13,17H2,1H3. The first kappa shape index (κ1) is 20.0. The first-order valence-electron chi connectivity index (χ1n) is 10.4. The van der Waals surface area contributed by atoms with Gasteiger partial charge >= 0.3 is 0 Å². The molecule has 1 fully saturated rings. The van der Waals surface area contributed by atoms with Gasteiger partial charge in [-0.3, -0.25) is 4.79 Å². The molecule has 1 aliphatic heterocycles. The van der Waals surface area contributed by atoms with Gasteiger partial charge in [-0.2, -0.15) is 0 Å². The Morgan fingerprint density at radius 1 is 0.967 bits per heavy atom. The summed E-state index contributed by atoms with van der Waals surface area (Å²) in [5.74, 6) is 0.466. The van der Waals surface area contributed by atoms with E-state index in [0.717, 1.165) is 50.1 Å². The van der Waals surface area contributed by atoms with Crippen LogP contribution in [0.15, 0.2) is 61.2 Å². The van der Waals surface area contributed by atoms with Crippen LogP contribution in [0.1, 0.15) is 23.6 Å². The molecule has 2 heterocycles. The molecule has 1 amide bonds. The van der Waals surface area contributed by atoms with Crippen molar-refractivity contribution >= 4 is 11.6 Å². The van der Waals surface area contributed by atoms with Gasteiger partial charge in [0.05, 0.1) is 6.33 Å². The third-order valence-electron chi connectivity index (χ3n) is 5.69. The van der Waals surface area contributed by atoms with Gasteiger partial charge in [0.15, 0.2) is 0 Å².